The number of hydrogen-bond donors (Lipinski definition) is 1. The van der Waals surface area contributed by atoms with E-state index in [4.69, 9.17) is 14.6 Å². The molecule has 0 saturated carbocycles. The molecule has 0 atom stereocenters. The van der Waals surface area contributed by atoms with E-state index in [1.54, 1.807) is 36.4 Å². The van der Waals surface area contributed by atoms with Gasteiger partial charge in [0.1, 0.15) is 11.6 Å². The normalized spacial score (nSPS) is 14.4. The molecule has 6 heteroatoms. The van der Waals surface area contributed by atoms with Crippen LogP contribution >= 0.6 is 0 Å². The fourth-order valence-electron chi connectivity index (χ4n) is 4.98. The van der Waals surface area contributed by atoms with Gasteiger partial charge in [-0.1, -0.05) is 61.4 Å². The van der Waals surface area contributed by atoms with Crippen LogP contribution in [0.5, 0.6) is 0 Å². The first-order chi connectivity index (χ1) is 21.8. The van der Waals surface area contributed by atoms with E-state index in [1.807, 2.05) is 30.5 Å². The van der Waals surface area contributed by atoms with E-state index in [2.05, 4.69) is 4.98 Å². The molecule has 0 aliphatic carbocycles. The number of imidazole rings is 2. The Bertz CT molecular complexity index is 2150. The van der Waals surface area contributed by atoms with Crippen LogP contribution in [0, 0.1) is 6.92 Å². The van der Waals surface area contributed by atoms with Crippen molar-refractivity contribution in [1.82, 2.24) is 19.1 Å². The molecule has 39 heavy (non-hydrogen) atoms. The molecule has 0 radical (unpaired) electrons. The maximum atomic E-state index is 11.9. The monoisotopic (exact) mass is 521 g/mol. The molecular formula is C33H30N4O2. The molecule has 6 nitrogen and oxygen atoms in total. The quantitative estimate of drug-likeness (QED) is 0.240. The molecule has 0 saturated heterocycles. The topological polar surface area (TPSA) is 72.9 Å². The Hall–Kier alpha value is -4.71. The van der Waals surface area contributed by atoms with Gasteiger partial charge in [-0.15, -0.1) is 0 Å². The summed E-state index contributed by atoms with van der Waals surface area (Å²) in [5.74, 6) is -0.287. The lowest BCUT2D eigenvalue weighted by atomic mass is 9.98. The SMILES string of the molecule is [2H]c1c([2H])c(-c2ccccc2C(=O)O)c([2H])c([2H])c1Cn1c(CCC)nc2c(C)cc(-c3nc4ccccc4n3C([2H])([2H])[2H])cc21. The number of benzene rings is 4. The number of aromatic nitrogens is 4. The zero-order valence-electron chi connectivity index (χ0n) is 28.5. The van der Waals surface area contributed by atoms with Crippen LogP contribution in [0.2, 0.25) is 0 Å². The smallest absolute Gasteiger partial charge is 0.336 e. The minimum atomic E-state index is -2.50. The summed E-state index contributed by atoms with van der Waals surface area (Å²) in [6.45, 7) is 1.34. The van der Waals surface area contributed by atoms with Crippen molar-refractivity contribution < 1.29 is 19.5 Å². The number of rotatable bonds is 7. The van der Waals surface area contributed by atoms with Crippen LogP contribution in [0.25, 0.3) is 44.6 Å². The fraction of sp³-hybridized carbons (Fsp3) is 0.182. The van der Waals surface area contributed by atoms with Crippen molar-refractivity contribution in [2.45, 2.75) is 33.2 Å². The predicted octanol–water partition coefficient (Wildman–Crippen LogP) is 7.26. The first-order valence-corrected chi connectivity index (χ1v) is 12.7. The largest absolute Gasteiger partial charge is 0.478 e. The van der Waals surface area contributed by atoms with E-state index in [1.165, 1.54) is 16.7 Å². The van der Waals surface area contributed by atoms with E-state index in [9.17, 15) is 9.90 Å². The number of carbonyl (C=O) groups is 1. The highest BCUT2D eigenvalue weighted by Crippen LogP contribution is 2.31. The van der Waals surface area contributed by atoms with Crippen molar-refractivity contribution in [2.75, 3.05) is 0 Å². The summed E-state index contributed by atoms with van der Waals surface area (Å²) in [6, 6.07) is 15.4. The zero-order chi connectivity index (χ0) is 33.1. The summed E-state index contributed by atoms with van der Waals surface area (Å²) >= 11 is 0. The Kier molecular flexibility index (Phi) is 4.49. The molecule has 0 bridgehead atoms. The molecule has 194 valence electrons. The van der Waals surface area contributed by atoms with Gasteiger partial charge in [-0.05, 0) is 65.9 Å². The average molecular weight is 522 g/mol. The van der Waals surface area contributed by atoms with Crippen LogP contribution in [-0.4, -0.2) is 30.2 Å². The van der Waals surface area contributed by atoms with Gasteiger partial charge in [-0.3, -0.25) is 0 Å². The van der Waals surface area contributed by atoms with E-state index in [0.29, 0.717) is 39.9 Å². The van der Waals surface area contributed by atoms with Crippen molar-refractivity contribution in [1.29, 1.82) is 0 Å². The number of aryl methyl sites for hydroxylation is 3. The van der Waals surface area contributed by atoms with Crippen LogP contribution in [0.4, 0.5) is 0 Å². The van der Waals surface area contributed by atoms with Gasteiger partial charge in [0.25, 0.3) is 0 Å². The van der Waals surface area contributed by atoms with E-state index in [-0.39, 0.29) is 58.8 Å². The Morgan fingerprint density at radius 1 is 0.974 bits per heavy atom. The van der Waals surface area contributed by atoms with Gasteiger partial charge in [0.05, 0.1) is 33.1 Å². The number of aromatic carboxylic acids is 1. The molecule has 2 heterocycles. The number of carboxylic acids is 1. The van der Waals surface area contributed by atoms with Crippen LogP contribution in [0.15, 0.2) is 84.8 Å². The molecule has 4 aromatic carbocycles. The minimum absolute atomic E-state index is 0.0410. The van der Waals surface area contributed by atoms with Gasteiger partial charge < -0.3 is 14.2 Å². The fourth-order valence-corrected chi connectivity index (χ4v) is 4.98. The number of para-hydroxylation sites is 2. The number of carboxylic acid groups (broad SMARTS) is 1. The Morgan fingerprint density at radius 3 is 2.51 bits per heavy atom. The first-order valence-electron chi connectivity index (χ1n) is 16.2. The zero-order valence-corrected chi connectivity index (χ0v) is 21.5. The third-order valence-corrected chi connectivity index (χ3v) is 6.84. The van der Waals surface area contributed by atoms with Gasteiger partial charge in [0, 0.05) is 29.6 Å². The predicted molar refractivity (Wildman–Crippen MR) is 156 cm³/mol. The van der Waals surface area contributed by atoms with E-state index < -0.39 is 12.9 Å². The van der Waals surface area contributed by atoms with Crippen molar-refractivity contribution in [3.8, 4) is 22.5 Å². The van der Waals surface area contributed by atoms with E-state index >= 15 is 0 Å². The van der Waals surface area contributed by atoms with Crippen molar-refractivity contribution >= 4 is 28.0 Å². The second-order valence-corrected chi connectivity index (χ2v) is 9.49. The molecule has 0 unspecified atom stereocenters. The number of fused-ring (bicyclic) bond motifs is 2. The second-order valence-electron chi connectivity index (χ2n) is 9.49. The van der Waals surface area contributed by atoms with E-state index in [0.717, 1.165) is 12.0 Å². The molecule has 0 aliphatic rings. The third-order valence-electron chi connectivity index (χ3n) is 6.84. The van der Waals surface area contributed by atoms with Crippen molar-refractivity contribution in [3.05, 3.63) is 107 Å². The summed E-state index contributed by atoms with van der Waals surface area (Å²) in [5, 5.41) is 9.72. The van der Waals surface area contributed by atoms with Crippen LogP contribution < -0.4 is 0 Å². The molecule has 1 N–H and O–H groups in total. The van der Waals surface area contributed by atoms with Crippen LogP contribution in [0.1, 0.15) is 50.2 Å². The van der Waals surface area contributed by atoms with Gasteiger partial charge in [-0.25, -0.2) is 14.8 Å². The summed E-state index contributed by atoms with van der Waals surface area (Å²) in [4.78, 5) is 21.5. The lowest BCUT2D eigenvalue weighted by Gasteiger charge is -2.12. The molecule has 0 spiro atoms. The molecule has 0 fully saturated rings. The summed E-state index contributed by atoms with van der Waals surface area (Å²) in [6.07, 6.45) is 1.33. The highest BCUT2D eigenvalue weighted by Gasteiger charge is 2.17. The first kappa shape index (κ1) is 17.7. The van der Waals surface area contributed by atoms with Crippen LogP contribution in [0.3, 0.4) is 0 Å². The minimum Gasteiger partial charge on any atom is -0.478 e. The van der Waals surface area contributed by atoms with Gasteiger partial charge in [-0.2, -0.15) is 0 Å². The number of hydrogen-bond acceptors (Lipinski definition) is 3. The molecule has 0 aliphatic heterocycles. The summed E-state index contributed by atoms with van der Waals surface area (Å²) in [5.41, 5.74) is 3.70. The highest BCUT2D eigenvalue weighted by molar-refractivity contribution is 5.96. The molecule has 6 aromatic rings. The molecule has 0 amide bonds. The Balaban J connectivity index is 1.56. The van der Waals surface area contributed by atoms with Gasteiger partial charge in [0.15, 0.2) is 0 Å². The lowest BCUT2D eigenvalue weighted by Crippen LogP contribution is -2.05. The lowest BCUT2D eigenvalue weighted by molar-refractivity contribution is 0.0697. The Labute approximate surface area is 237 Å². The highest BCUT2D eigenvalue weighted by atomic mass is 16.4. The van der Waals surface area contributed by atoms with Crippen molar-refractivity contribution in [3.63, 3.8) is 0 Å². The Morgan fingerprint density at radius 2 is 1.74 bits per heavy atom. The second kappa shape index (κ2) is 9.87. The maximum absolute atomic E-state index is 11.9. The third kappa shape index (κ3) is 4.38. The van der Waals surface area contributed by atoms with Gasteiger partial charge in [0.2, 0.25) is 0 Å². The standard InChI is InChI=1S/C33H30N4O2/c1-4-9-30-35-31-21(2)18-24(32-34-27-12-7-8-13-28(27)36(32)3)19-29(31)37(30)20-22-14-16-23(17-15-22)25-10-5-6-11-26(25)33(38)39/h5-8,10-19H,4,9,20H2,1-3H3,(H,38,39)/i3D3,14D,15D,16D,17D. The van der Waals surface area contributed by atoms with Gasteiger partial charge >= 0.3 is 5.97 Å². The average Bonchev–Trinajstić information content (AvgIpc) is 3.58. The van der Waals surface area contributed by atoms with Crippen LogP contribution in [-0.2, 0) is 19.9 Å². The molecular weight excluding hydrogens is 484 g/mol. The molecule has 6 rings (SSSR count). The maximum Gasteiger partial charge on any atom is 0.336 e. The molecule has 2 aromatic heterocycles. The number of nitrogens with zero attached hydrogens (tertiary/aromatic N) is 4. The van der Waals surface area contributed by atoms with Crippen molar-refractivity contribution in [2.24, 2.45) is 6.98 Å². The summed E-state index contributed by atoms with van der Waals surface area (Å²) < 4.78 is 63.3. The summed E-state index contributed by atoms with van der Waals surface area (Å²) in [7, 11) is 0.